The third kappa shape index (κ3) is 2.48. The Hall–Kier alpha value is -0.600. The van der Waals surface area contributed by atoms with Crippen molar-refractivity contribution in [3.63, 3.8) is 0 Å². The molecule has 3 heteroatoms. The molecule has 94 valence electrons. The number of nitrogens with one attached hydrogen (secondary N) is 1. The Bertz CT molecular complexity index is 368. The van der Waals surface area contributed by atoms with Gasteiger partial charge in [-0.05, 0) is 37.9 Å². The van der Waals surface area contributed by atoms with Crippen molar-refractivity contribution in [1.82, 2.24) is 5.32 Å². The zero-order valence-electron chi connectivity index (χ0n) is 10.2. The van der Waals surface area contributed by atoms with E-state index in [1.165, 1.54) is 12.5 Å². The summed E-state index contributed by atoms with van der Waals surface area (Å²) in [6.45, 7) is 3.95. The van der Waals surface area contributed by atoms with Crippen molar-refractivity contribution in [3.05, 3.63) is 34.6 Å². The van der Waals surface area contributed by atoms with Crippen LogP contribution in [0, 0.1) is 5.82 Å². The molecule has 2 rings (SSSR count). The van der Waals surface area contributed by atoms with Crippen molar-refractivity contribution >= 4 is 11.6 Å². The quantitative estimate of drug-likeness (QED) is 0.787. The first-order chi connectivity index (χ1) is 8.19. The maximum Gasteiger partial charge on any atom is 0.128 e. The van der Waals surface area contributed by atoms with Crippen LogP contribution in [0.25, 0.3) is 0 Å². The molecule has 17 heavy (non-hydrogen) atoms. The third-order valence-electron chi connectivity index (χ3n) is 3.69. The number of rotatable bonds is 5. The topological polar surface area (TPSA) is 12.0 Å². The highest BCUT2D eigenvalue weighted by Crippen LogP contribution is 2.46. The van der Waals surface area contributed by atoms with Gasteiger partial charge >= 0.3 is 0 Å². The number of hydrogen-bond acceptors (Lipinski definition) is 1. The summed E-state index contributed by atoms with van der Waals surface area (Å²) in [5.41, 5.74) is 0.647. The molecule has 0 unspecified atom stereocenters. The smallest absolute Gasteiger partial charge is 0.128 e. The highest BCUT2D eigenvalue weighted by atomic mass is 35.5. The monoisotopic (exact) mass is 255 g/mol. The summed E-state index contributed by atoms with van der Waals surface area (Å²) >= 11 is 6.17. The summed E-state index contributed by atoms with van der Waals surface area (Å²) in [4.78, 5) is 0. The molecule has 1 fully saturated rings. The second-order valence-corrected chi connectivity index (χ2v) is 5.31. The Labute approximate surface area is 107 Å². The minimum absolute atomic E-state index is 0.0718. The molecule has 0 heterocycles. The number of benzene rings is 1. The van der Waals surface area contributed by atoms with E-state index in [1.807, 2.05) is 0 Å². The normalized spacial score (nSPS) is 17.8. The molecule has 1 nitrogen and oxygen atoms in total. The Morgan fingerprint density at radius 2 is 2.18 bits per heavy atom. The Morgan fingerprint density at radius 1 is 1.41 bits per heavy atom. The second-order valence-electron chi connectivity index (χ2n) is 4.91. The largest absolute Gasteiger partial charge is 0.316 e. The third-order valence-corrected chi connectivity index (χ3v) is 4.01. The van der Waals surface area contributed by atoms with Gasteiger partial charge in [0.1, 0.15) is 5.82 Å². The summed E-state index contributed by atoms with van der Waals surface area (Å²) in [5, 5.41) is 3.98. The van der Waals surface area contributed by atoms with Crippen molar-refractivity contribution in [2.24, 2.45) is 0 Å². The zero-order chi connectivity index (χ0) is 12.3. The van der Waals surface area contributed by atoms with Crippen molar-refractivity contribution in [3.8, 4) is 0 Å². The van der Waals surface area contributed by atoms with Crippen LogP contribution in [0.5, 0.6) is 0 Å². The fourth-order valence-electron chi connectivity index (χ4n) is 2.63. The molecule has 1 aromatic rings. The maximum absolute atomic E-state index is 14.0. The van der Waals surface area contributed by atoms with E-state index in [2.05, 4.69) is 12.2 Å². The van der Waals surface area contributed by atoms with Crippen LogP contribution >= 0.6 is 11.6 Å². The molecule has 1 aromatic carbocycles. The van der Waals surface area contributed by atoms with Gasteiger partial charge in [-0.2, -0.15) is 0 Å². The lowest BCUT2D eigenvalue weighted by Crippen LogP contribution is -2.44. The van der Waals surface area contributed by atoms with Gasteiger partial charge in [-0.15, -0.1) is 0 Å². The van der Waals surface area contributed by atoms with E-state index in [4.69, 9.17) is 11.6 Å². The highest BCUT2D eigenvalue weighted by molar-refractivity contribution is 6.31. The molecule has 1 N–H and O–H groups in total. The fraction of sp³-hybridized carbons (Fsp3) is 0.571. The average Bonchev–Trinajstić information content (AvgIpc) is 2.24. The molecule has 0 aliphatic heterocycles. The summed E-state index contributed by atoms with van der Waals surface area (Å²) < 4.78 is 14.0. The molecule has 0 bridgehead atoms. The predicted octanol–water partition coefficient (Wildman–Crippen LogP) is 3.90. The Morgan fingerprint density at radius 3 is 2.71 bits per heavy atom. The first-order valence-electron chi connectivity index (χ1n) is 6.35. The van der Waals surface area contributed by atoms with Crippen LogP contribution in [0.2, 0.25) is 5.02 Å². The summed E-state index contributed by atoms with van der Waals surface area (Å²) in [6.07, 6.45) is 4.33. The van der Waals surface area contributed by atoms with Crippen molar-refractivity contribution in [2.45, 2.75) is 38.0 Å². The average molecular weight is 256 g/mol. The first kappa shape index (κ1) is 12.8. The molecule has 0 spiro atoms. The molecule has 1 saturated carbocycles. The van der Waals surface area contributed by atoms with Crippen LogP contribution in [-0.2, 0) is 5.41 Å². The second kappa shape index (κ2) is 5.36. The van der Waals surface area contributed by atoms with E-state index >= 15 is 0 Å². The summed E-state index contributed by atoms with van der Waals surface area (Å²) in [6, 6.07) is 4.98. The van der Waals surface area contributed by atoms with E-state index < -0.39 is 0 Å². The molecule has 0 saturated heterocycles. The van der Waals surface area contributed by atoms with Gasteiger partial charge in [0.2, 0.25) is 0 Å². The van der Waals surface area contributed by atoms with Crippen LogP contribution in [0.15, 0.2) is 18.2 Å². The van der Waals surface area contributed by atoms with Crippen LogP contribution in [0.4, 0.5) is 4.39 Å². The minimum atomic E-state index is -0.157. The molecule has 0 atom stereocenters. The molecule has 0 radical (unpaired) electrons. The lowest BCUT2D eigenvalue weighted by molar-refractivity contribution is 0.227. The van der Waals surface area contributed by atoms with Crippen molar-refractivity contribution < 1.29 is 4.39 Å². The maximum atomic E-state index is 14.0. The van der Waals surface area contributed by atoms with Crippen LogP contribution in [0.1, 0.15) is 38.2 Å². The van der Waals surface area contributed by atoms with Crippen LogP contribution in [0.3, 0.4) is 0 Å². The lowest BCUT2D eigenvalue weighted by atomic mass is 9.64. The molecule has 1 aliphatic rings. The van der Waals surface area contributed by atoms with E-state index in [9.17, 15) is 4.39 Å². The minimum Gasteiger partial charge on any atom is -0.316 e. The molecule has 0 amide bonds. The van der Waals surface area contributed by atoms with Gasteiger partial charge in [0.05, 0.1) is 0 Å². The number of halogens is 2. The van der Waals surface area contributed by atoms with Crippen LogP contribution in [-0.4, -0.2) is 13.1 Å². The Kier molecular flexibility index (Phi) is 4.05. The molecular weight excluding hydrogens is 237 g/mol. The van der Waals surface area contributed by atoms with Gasteiger partial charge in [-0.3, -0.25) is 0 Å². The zero-order valence-corrected chi connectivity index (χ0v) is 11.0. The van der Waals surface area contributed by atoms with E-state index in [-0.39, 0.29) is 11.2 Å². The van der Waals surface area contributed by atoms with Gasteiger partial charge in [-0.1, -0.05) is 31.0 Å². The van der Waals surface area contributed by atoms with Gasteiger partial charge in [-0.25, -0.2) is 4.39 Å². The van der Waals surface area contributed by atoms with Crippen molar-refractivity contribution in [2.75, 3.05) is 13.1 Å². The fourth-order valence-corrected chi connectivity index (χ4v) is 2.99. The Balaban J connectivity index is 2.22. The van der Waals surface area contributed by atoms with Gasteiger partial charge < -0.3 is 5.32 Å². The SMILES string of the molecule is CCCNCC1(c2c(F)cccc2Cl)CCC1. The first-order valence-corrected chi connectivity index (χ1v) is 6.72. The van der Waals surface area contributed by atoms with Gasteiger partial charge in [0.25, 0.3) is 0 Å². The molecule has 0 aromatic heterocycles. The van der Waals surface area contributed by atoms with Gasteiger partial charge in [0.15, 0.2) is 0 Å². The van der Waals surface area contributed by atoms with Crippen molar-refractivity contribution in [1.29, 1.82) is 0 Å². The molecule has 1 aliphatic carbocycles. The summed E-state index contributed by atoms with van der Waals surface area (Å²) in [7, 11) is 0. The van der Waals surface area contributed by atoms with Crippen LogP contribution < -0.4 is 5.32 Å². The highest BCUT2D eigenvalue weighted by Gasteiger charge is 2.41. The van der Waals surface area contributed by atoms with Gasteiger partial charge in [0, 0.05) is 22.5 Å². The number of hydrogen-bond donors (Lipinski definition) is 1. The lowest BCUT2D eigenvalue weighted by Gasteiger charge is -2.43. The van der Waals surface area contributed by atoms with E-state index in [1.54, 1.807) is 12.1 Å². The van der Waals surface area contributed by atoms with E-state index in [0.717, 1.165) is 37.9 Å². The molecular formula is C14H19ClFN. The van der Waals surface area contributed by atoms with E-state index in [0.29, 0.717) is 5.02 Å². The standard InChI is InChI=1S/C14H19ClFN/c1-2-9-17-10-14(7-4-8-14)13-11(15)5-3-6-12(13)16/h3,5-6,17H,2,4,7-10H2,1H3. The summed E-state index contributed by atoms with van der Waals surface area (Å²) in [5.74, 6) is -0.157. The predicted molar refractivity (Wildman–Crippen MR) is 70.1 cm³/mol.